The van der Waals surface area contributed by atoms with Crippen molar-refractivity contribution in [2.24, 2.45) is 0 Å². The second-order valence-corrected chi connectivity index (χ2v) is 3.87. The van der Waals surface area contributed by atoms with Crippen molar-refractivity contribution in [2.45, 2.75) is 18.9 Å². The Hall–Kier alpha value is -1.55. The first-order chi connectivity index (χ1) is 7.34. The van der Waals surface area contributed by atoms with Gasteiger partial charge in [0.25, 0.3) is 0 Å². The van der Waals surface area contributed by atoms with Crippen LogP contribution in [0.3, 0.4) is 0 Å². The van der Waals surface area contributed by atoms with Gasteiger partial charge in [0, 0.05) is 6.61 Å². The van der Waals surface area contributed by atoms with Gasteiger partial charge in [0.2, 0.25) is 0 Å². The van der Waals surface area contributed by atoms with Crippen molar-refractivity contribution < 1.29 is 4.74 Å². The molecule has 0 bridgehead atoms. The first-order valence-electron chi connectivity index (χ1n) is 5.20. The third-order valence-electron chi connectivity index (χ3n) is 2.80. The van der Waals surface area contributed by atoms with Gasteiger partial charge in [-0.3, -0.25) is 0 Å². The molecule has 78 valence electrons. The number of aromatic amines is 1. The standard InChI is InChI=1S/C11H13N3O/c12-7-3-1-4-8-10(7)14-11(13-8)9-5-2-6-15-9/h1,3-4,9H,2,5-6,12H2,(H,13,14). The Kier molecular flexibility index (Phi) is 1.89. The highest BCUT2D eigenvalue weighted by Gasteiger charge is 2.21. The van der Waals surface area contributed by atoms with Crippen LogP contribution in [0.2, 0.25) is 0 Å². The first-order valence-corrected chi connectivity index (χ1v) is 5.20. The first kappa shape index (κ1) is 8.73. The van der Waals surface area contributed by atoms with Crippen LogP contribution in [0, 0.1) is 0 Å². The van der Waals surface area contributed by atoms with Gasteiger partial charge in [-0.25, -0.2) is 4.98 Å². The Morgan fingerprint density at radius 1 is 1.47 bits per heavy atom. The molecule has 1 aromatic heterocycles. The van der Waals surface area contributed by atoms with Gasteiger partial charge in [0.1, 0.15) is 17.4 Å². The minimum Gasteiger partial charge on any atom is -0.397 e. The summed E-state index contributed by atoms with van der Waals surface area (Å²) in [5.74, 6) is 0.903. The van der Waals surface area contributed by atoms with E-state index < -0.39 is 0 Å². The number of aromatic nitrogens is 2. The maximum absolute atomic E-state index is 5.84. The molecule has 3 N–H and O–H groups in total. The van der Waals surface area contributed by atoms with E-state index in [0.29, 0.717) is 5.69 Å². The molecule has 1 atom stereocenters. The summed E-state index contributed by atoms with van der Waals surface area (Å²) in [6.45, 7) is 0.831. The second-order valence-electron chi connectivity index (χ2n) is 3.87. The van der Waals surface area contributed by atoms with E-state index in [1.807, 2.05) is 18.2 Å². The molecule has 2 aromatic rings. The van der Waals surface area contributed by atoms with E-state index in [4.69, 9.17) is 10.5 Å². The molecule has 0 amide bonds. The summed E-state index contributed by atoms with van der Waals surface area (Å²) in [6.07, 6.45) is 2.27. The molecule has 2 heterocycles. The summed E-state index contributed by atoms with van der Waals surface area (Å²) >= 11 is 0. The molecule has 15 heavy (non-hydrogen) atoms. The zero-order valence-electron chi connectivity index (χ0n) is 8.36. The summed E-state index contributed by atoms with van der Waals surface area (Å²) in [4.78, 5) is 7.75. The number of fused-ring (bicyclic) bond motifs is 1. The number of benzene rings is 1. The van der Waals surface area contributed by atoms with E-state index in [1.54, 1.807) is 0 Å². The van der Waals surface area contributed by atoms with Gasteiger partial charge >= 0.3 is 0 Å². The molecule has 1 aliphatic heterocycles. The molecule has 3 rings (SSSR count). The maximum atomic E-state index is 5.84. The average Bonchev–Trinajstić information content (AvgIpc) is 2.86. The lowest BCUT2D eigenvalue weighted by Crippen LogP contribution is -1.97. The second kappa shape index (κ2) is 3.24. The largest absolute Gasteiger partial charge is 0.397 e. The van der Waals surface area contributed by atoms with Gasteiger partial charge in [-0.2, -0.15) is 0 Å². The van der Waals surface area contributed by atoms with E-state index in [9.17, 15) is 0 Å². The molecular formula is C11H13N3O. The number of para-hydroxylation sites is 1. The number of nitrogens with two attached hydrogens (primary N) is 1. The van der Waals surface area contributed by atoms with Crippen LogP contribution in [0.15, 0.2) is 18.2 Å². The van der Waals surface area contributed by atoms with Crippen molar-refractivity contribution in [1.82, 2.24) is 9.97 Å². The van der Waals surface area contributed by atoms with Gasteiger partial charge in [-0.1, -0.05) is 6.07 Å². The van der Waals surface area contributed by atoms with Crippen molar-refractivity contribution in [1.29, 1.82) is 0 Å². The van der Waals surface area contributed by atoms with Crippen LogP contribution < -0.4 is 5.73 Å². The lowest BCUT2D eigenvalue weighted by atomic mass is 10.2. The summed E-state index contributed by atoms with van der Waals surface area (Å²) in [6, 6.07) is 5.77. The summed E-state index contributed by atoms with van der Waals surface area (Å²) in [5.41, 5.74) is 8.40. The zero-order valence-corrected chi connectivity index (χ0v) is 8.36. The van der Waals surface area contributed by atoms with Crippen molar-refractivity contribution in [3.05, 3.63) is 24.0 Å². The molecule has 4 heteroatoms. The zero-order chi connectivity index (χ0) is 10.3. The topological polar surface area (TPSA) is 63.9 Å². The fraction of sp³-hybridized carbons (Fsp3) is 0.364. The Morgan fingerprint density at radius 3 is 3.13 bits per heavy atom. The van der Waals surface area contributed by atoms with E-state index in [0.717, 1.165) is 36.3 Å². The molecule has 0 spiro atoms. The molecular weight excluding hydrogens is 190 g/mol. The van der Waals surface area contributed by atoms with Crippen molar-refractivity contribution in [2.75, 3.05) is 12.3 Å². The number of hydrogen-bond acceptors (Lipinski definition) is 3. The lowest BCUT2D eigenvalue weighted by molar-refractivity contribution is 0.106. The van der Waals surface area contributed by atoms with E-state index in [2.05, 4.69) is 9.97 Å². The fourth-order valence-electron chi connectivity index (χ4n) is 2.02. The Balaban J connectivity index is 2.09. The van der Waals surface area contributed by atoms with E-state index >= 15 is 0 Å². The highest BCUT2D eigenvalue weighted by atomic mass is 16.5. The average molecular weight is 203 g/mol. The molecule has 1 saturated heterocycles. The van der Waals surface area contributed by atoms with Crippen LogP contribution in [-0.4, -0.2) is 16.6 Å². The normalized spacial score (nSPS) is 21.2. The Labute approximate surface area is 87.4 Å². The van der Waals surface area contributed by atoms with E-state index in [-0.39, 0.29) is 6.10 Å². The third-order valence-corrected chi connectivity index (χ3v) is 2.80. The van der Waals surface area contributed by atoms with Gasteiger partial charge in [-0.05, 0) is 25.0 Å². The quantitative estimate of drug-likeness (QED) is 0.697. The number of hydrogen-bond donors (Lipinski definition) is 2. The van der Waals surface area contributed by atoms with Crippen molar-refractivity contribution in [3.8, 4) is 0 Å². The third kappa shape index (κ3) is 1.37. The SMILES string of the molecule is Nc1cccc2[nH]c(C3CCCO3)nc12. The highest BCUT2D eigenvalue weighted by Crippen LogP contribution is 2.29. The predicted molar refractivity (Wildman–Crippen MR) is 58.4 cm³/mol. The summed E-state index contributed by atoms with van der Waals surface area (Å²) in [5, 5.41) is 0. The number of H-pyrrole nitrogens is 1. The maximum Gasteiger partial charge on any atom is 0.136 e. The van der Waals surface area contributed by atoms with Gasteiger partial charge in [0.05, 0.1) is 11.2 Å². The highest BCUT2D eigenvalue weighted by molar-refractivity contribution is 5.86. The molecule has 0 saturated carbocycles. The van der Waals surface area contributed by atoms with Crippen LogP contribution >= 0.6 is 0 Å². The number of rotatable bonds is 1. The van der Waals surface area contributed by atoms with Gasteiger partial charge in [0.15, 0.2) is 0 Å². The van der Waals surface area contributed by atoms with E-state index in [1.165, 1.54) is 0 Å². The summed E-state index contributed by atoms with van der Waals surface area (Å²) < 4.78 is 5.57. The van der Waals surface area contributed by atoms with Crippen LogP contribution in [-0.2, 0) is 4.74 Å². The van der Waals surface area contributed by atoms with Crippen LogP contribution in [0.5, 0.6) is 0 Å². The Morgan fingerprint density at radius 2 is 2.40 bits per heavy atom. The number of imidazole rings is 1. The molecule has 0 radical (unpaired) electrons. The minimum atomic E-state index is 0.122. The van der Waals surface area contributed by atoms with Crippen LogP contribution in [0.1, 0.15) is 24.8 Å². The molecule has 4 nitrogen and oxygen atoms in total. The smallest absolute Gasteiger partial charge is 0.136 e. The molecule has 1 aliphatic rings. The van der Waals surface area contributed by atoms with Crippen LogP contribution in [0.25, 0.3) is 11.0 Å². The lowest BCUT2D eigenvalue weighted by Gasteiger charge is -2.03. The molecule has 0 aliphatic carbocycles. The number of nitrogens with zero attached hydrogens (tertiary/aromatic N) is 1. The summed E-state index contributed by atoms with van der Waals surface area (Å²) in [7, 11) is 0. The Bertz CT molecular complexity index is 486. The van der Waals surface area contributed by atoms with Crippen molar-refractivity contribution in [3.63, 3.8) is 0 Å². The number of nitrogen functional groups attached to an aromatic ring is 1. The number of ether oxygens (including phenoxy) is 1. The van der Waals surface area contributed by atoms with Gasteiger partial charge < -0.3 is 15.5 Å². The van der Waals surface area contributed by atoms with Gasteiger partial charge in [-0.15, -0.1) is 0 Å². The molecule has 1 aromatic carbocycles. The monoisotopic (exact) mass is 203 g/mol. The number of anilines is 1. The predicted octanol–water partition coefficient (Wildman–Crippen LogP) is 2.00. The molecule has 1 fully saturated rings. The van der Waals surface area contributed by atoms with Crippen LogP contribution in [0.4, 0.5) is 5.69 Å². The minimum absolute atomic E-state index is 0.122. The molecule has 1 unspecified atom stereocenters. The van der Waals surface area contributed by atoms with Crippen molar-refractivity contribution >= 4 is 16.7 Å². The fourth-order valence-corrected chi connectivity index (χ4v) is 2.02. The number of nitrogens with one attached hydrogen (secondary N) is 1.